The van der Waals surface area contributed by atoms with Crippen LogP contribution in [-0.4, -0.2) is 28.0 Å². The Kier molecular flexibility index (Phi) is 9.02. The first-order valence-corrected chi connectivity index (χ1v) is 7.79. The van der Waals surface area contributed by atoms with Crippen molar-refractivity contribution in [2.45, 2.75) is 25.7 Å². The Morgan fingerprint density at radius 1 is 0.867 bits per heavy atom. The van der Waals surface area contributed by atoms with Gasteiger partial charge in [0.25, 0.3) is 0 Å². The van der Waals surface area contributed by atoms with Crippen LogP contribution in [-0.2, 0) is 0 Å². The molecule has 1 aromatic rings. The zero-order valence-corrected chi connectivity index (χ0v) is 10.7. The van der Waals surface area contributed by atoms with Crippen molar-refractivity contribution in [2.24, 2.45) is 0 Å². The fraction of sp³-hybridized carbons (Fsp3) is 0.727. The molecule has 0 amide bonds. The zero-order chi connectivity index (χ0) is 10.6. The largest absolute Gasteiger partial charge is 0.452 e. The third-order valence-corrected chi connectivity index (χ3v) is 4.31. The van der Waals surface area contributed by atoms with Gasteiger partial charge >= 0.3 is 0 Å². The molecule has 0 radical (unpaired) electrons. The molecule has 3 heterocycles. The normalized spacial score (nSPS) is 18.7. The van der Waals surface area contributed by atoms with Crippen LogP contribution in [0, 0.1) is 0 Å². The molecule has 1 aromatic heterocycles. The third-order valence-electron chi connectivity index (χ3n) is 2.00. The van der Waals surface area contributed by atoms with Gasteiger partial charge in [0.1, 0.15) is 6.26 Å². The molecule has 2 nitrogen and oxygen atoms in total. The van der Waals surface area contributed by atoms with Crippen molar-refractivity contribution in [1.82, 2.24) is 4.98 Å². The molecule has 86 valence electrons. The molecule has 0 bridgehead atoms. The second-order valence-corrected chi connectivity index (χ2v) is 5.76. The smallest absolute Gasteiger partial charge is 0.180 e. The molecule has 3 rings (SSSR count). The Hall–Kier alpha value is -0.0900. The minimum Gasteiger partial charge on any atom is -0.452 e. The maximum absolute atomic E-state index is 4.47. The van der Waals surface area contributed by atoms with E-state index in [0.29, 0.717) is 0 Å². The molecular formula is C11H19NOS2. The molecule has 2 fully saturated rings. The predicted octanol–water partition coefficient (Wildman–Crippen LogP) is 3.70. The maximum atomic E-state index is 4.47. The van der Waals surface area contributed by atoms with Crippen molar-refractivity contribution in [3.63, 3.8) is 0 Å². The quantitative estimate of drug-likeness (QED) is 0.696. The van der Waals surface area contributed by atoms with E-state index in [1.54, 1.807) is 6.20 Å². The Morgan fingerprint density at radius 2 is 1.40 bits per heavy atom. The predicted molar refractivity (Wildman–Crippen MR) is 69.6 cm³/mol. The highest BCUT2D eigenvalue weighted by Crippen LogP contribution is 2.15. The van der Waals surface area contributed by atoms with E-state index in [9.17, 15) is 0 Å². The van der Waals surface area contributed by atoms with Crippen LogP contribution in [0.15, 0.2) is 23.3 Å². The van der Waals surface area contributed by atoms with E-state index < -0.39 is 0 Å². The molecule has 2 aliphatic rings. The number of oxazole rings is 1. The van der Waals surface area contributed by atoms with Crippen LogP contribution in [0.4, 0.5) is 0 Å². The Balaban J connectivity index is 0.000000112. The lowest BCUT2D eigenvalue weighted by atomic mass is 10.4. The molecule has 0 saturated carbocycles. The van der Waals surface area contributed by atoms with Crippen LogP contribution in [0.25, 0.3) is 0 Å². The summed E-state index contributed by atoms with van der Waals surface area (Å²) in [6.45, 7) is 0. The summed E-state index contributed by atoms with van der Waals surface area (Å²) < 4.78 is 4.47. The van der Waals surface area contributed by atoms with Gasteiger partial charge in [0.05, 0.1) is 6.20 Å². The van der Waals surface area contributed by atoms with Crippen molar-refractivity contribution in [2.75, 3.05) is 23.0 Å². The summed E-state index contributed by atoms with van der Waals surface area (Å²) in [5.41, 5.74) is 0. The molecule has 0 spiro atoms. The highest BCUT2D eigenvalue weighted by atomic mass is 32.2. The molecule has 2 aliphatic heterocycles. The van der Waals surface area contributed by atoms with Crippen LogP contribution in [0.1, 0.15) is 25.7 Å². The maximum Gasteiger partial charge on any atom is 0.180 e. The number of hydrogen-bond acceptors (Lipinski definition) is 4. The van der Waals surface area contributed by atoms with Gasteiger partial charge < -0.3 is 4.42 Å². The summed E-state index contributed by atoms with van der Waals surface area (Å²) in [5.74, 6) is 5.67. The summed E-state index contributed by atoms with van der Waals surface area (Å²) in [5, 5.41) is 0. The van der Waals surface area contributed by atoms with Crippen LogP contribution in [0.2, 0.25) is 0 Å². The van der Waals surface area contributed by atoms with Crippen molar-refractivity contribution in [1.29, 1.82) is 0 Å². The number of rotatable bonds is 0. The van der Waals surface area contributed by atoms with Crippen molar-refractivity contribution >= 4 is 23.5 Å². The summed E-state index contributed by atoms with van der Waals surface area (Å²) in [6, 6.07) is 0. The SMILES string of the molecule is C1CCSC1.C1CCSC1.c1cocn1. The van der Waals surface area contributed by atoms with Gasteiger partial charge in [-0.05, 0) is 48.7 Å². The van der Waals surface area contributed by atoms with Crippen LogP contribution < -0.4 is 0 Å². The number of hydrogen-bond donors (Lipinski definition) is 0. The van der Waals surface area contributed by atoms with Gasteiger partial charge in [0, 0.05) is 0 Å². The van der Waals surface area contributed by atoms with Crippen molar-refractivity contribution < 1.29 is 4.42 Å². The van der Waals surface area contributed by atoms with Crippen molar-refractivity contribution in [3.8, 4) is 0 Å². The van der Waals surface area contributed by atoms with E-state index >= 15 is 0 Å². The summed E-state index contributed by atoms with van der Waals surface area (Å²) in [4.78, 5) is 3.56. The van der Waals surface area contributed by atoms with E-state index in [-0.39, 0.29) is 0 Å². The monoisotopic (exact) mass is 245 g/mol. The van der Waals surface area contributed by atoms with E-state index in [1.165, 1.54) is 61.4 Å². The number of nitrogens with zero attached hydrogens (tertiary/aromatic N) is 1. The molecule has 0 unspecified atom stereocenters. The van der Waals surface area contributed by atoms with Crippen LogP contribution in [0.3, 0.4) is 0 Å². The van der Waals surface area contributed by atoms with E-state index in [1.807, 2.05) is 0 Å². The van der Waals surface area contributed by atoms with E-state index in [0.717, 1.165) is 0 Å². The average molecular weight is 245 g/mol. The van der Waals surface area contributed by atoms with E-state index in [4.69, 9.17) is 0 Å². The summed E-state index contributed by atoms with van der Waals surface area (Å²) >= 11 is 4.15. The molecule has 2 saturated heterocycles. The van der Waals surface area contributed by atoms with Gasteiger partial charge in [-0.1, -0.05) is 0 Å². The first kappa shape index (κ1) is 13.0. The molecule has 4 heteroatoms. The number of aromatic nitrogens is 1. The Labute approximate surface area is 101 Å². The fourth-order valence-corrected chi connectivity index (χ4v) is 3.24. The van der Waals surface area contributed by atoms with Crippen LogP contribution in [0.5, 0.6) is 0 Å². The van der Waals surface area contributed by atoms with Gasteiger partial charge in [-0.3, -0.25) is 0 Å². The lowest BCUT2D eigenvalue weighted by molar-refractivity contribution is 0.558. The Bertz CT molecular complexity index is 154. The van der Waals surface area contributed by atoms with Crippen LogP contribution >= 0.6 is 23.5 Å². The minimum atomic E-state index is 1.38. The first-order valence-electron chi connectivity index (χ1n) is 5.48. The standard InChI is InChI=1S/2C4H8S.C3H3NO/c2*1-2-4-5-3-1;1-2-5-3-4-1/h2*1-4H2;1-3H. The number of thioether (sulfide) groups is 2. The van der Waals surface area contributed by atoms with Gasteiger partial charge in [-0.2, -0.15) is 23.5 Å². The molecule has 0 aliphatic carbocycles. The topological polar surface area (TPSA) is 26.0 Å². The first-order chi connectivity index (χ1) is 7.50. The average Bonchev–Trinajstić information content (AvgIpc) is 3.09. The minimum absolute atomic E-state index is 1.38. The van der Waals surface area contributed by atoms with Gasteiger partial charge in [0.15, 0.2) is 6.39 Å². The fourth-order valence-electron chi connectivity index (χ4n) is 1.20. The van der Waals surface area contributed by atoms with Gasteiger partial charge in [-0.25, -0.2) is 4.98 Å². The third kappa shape index (κ3) is 8.88. The highest BCUT2D eigenvalue weighted by Gasteiger charge is 1.96. The van der Waals surface area contributed by atoms with Crippen molar-refractivity contribution in [3.05, 3.63) is 18.9 Å². The molecule has 15 heavy (non-hydrogen) atoms. The molecule has 0 atom stereocenters. The molecule has 0 N–H and O–H groups in total. The molecular weight excluding hydrogens is 226 g/mol. The van der Waals surface area contributed by atoms with Gasteiger partial charge in [-0.15, -0.1) is 0 Å². The highest BCUT2D eigenvalue weighted by molar-refractivity contribution is 7.99. The second-order valence-electron chi connectivity index (χ2n) is 3.31. The Morgan fingerprint density at radius 3 is 1.53 bits per heavy atom. The lowest BCUT2D eigenvalue weighted by Gasteiger charge is -1.69. The summed E-state index contributed by atoms with van der Waals surface area (Å²) in [6.07, 6.45) is 10.3. The zero-order valence-electron chi connectivity index (χ0n) is 9.06. The molecule has 0 aromatic carbocycles. The summed E-state index contributed by atoms with van der Waals surface area (Å²) in [7, 11) is 0. The second kappa shape index (κ2) is 10.4. The van der Waals surface area contributed by atoms with Gasteiger partial charge in [0.2, 0.25) is 0 Å². The van der Waals surface area contributed by atoms with E-state index in [2.05, 4.69) is 32.9 Å². The lowest BCUT2D eigenvalue weighted by Crippen LogP contribution is -1.58.